The smallest absolute Gasteiger partial charge is 0.237 e. The van der Waals surface area contributed by atoms with Crippen molar-refractivity contribution in [1.29, 1.82) is 0 Å². The minimum absolute atomic E-state index is 0.0325. The number of ether oxygens (including phenoxy) is 2. The number of hydrogen-bond donors (Lipinski definition) is 1. The first kappa shape index (κ1) is 14.8. The van der Waals surface area contributed by atoms with Crippen molar-refractivity contribution in [2.24, 2.45) is 0 Å². The fourth-order valence-corrected chi connectivity index (χ4v) is 2.89. The van der Waals surface area contributed by atoms with Crippen molar-refractivity contribution >= 4 is 5.91 Å². The monoisotopic (exact) mass is 270 g/mol. The molecule has 5 heteroatoms. The molecule has 2 aliphatic heterocycles. The zero-order chi connectivity index (χ0) is 13.5. The molecular formula is C14H26N2O3. The molecule has 1 N–H and O–H groups in total. The van der Waals surface area contributed by atoms with E-state index in [2.05, 4.69) is 10.2 Å². The van der Waals surface area contributed by atoms with E-state index in [1.165, 1.54) is 6.42 Å². The van der Waals surface area contributed by atoms with Gasteiger partial charge in [-0.1, -0.05) is 6.42 Å². The molecule has 19 heavy (non-hydrogen) atoms. The molecule has 0 radical (unpaired) electrons. The summed E-state index contributed by atoms with van der Waals surface area (Å²) >= 11 is 0. The van der Waals surface area contributed by atoms with Gasteiger partial charge in [0.05, 0.1) is 25.4 Å². The third-order valence-electron chi connectivity index (χ3n) is 4.01. The molecule has 0 aromatic rings. The molecule has 0 saturated carbocycles. The molecule has 0 aliphatic carbocycles. The molecule has 0 spiro atoms. The Kier molecular flexibility index (Phi) is 6.07. The van der Waals surface area contributed by atoms with Crippen molar-refractivity contribution in [2.45, 2.75) is 44.2 Å². The van der Waals surface area contributed by atoms with E-state index < -0.39 is 0 Å². The van der Waals surface area contributed by atoms with E-state index in [0.717, 1.165) is 45.4 Å². The second-order valence-electron chi connectivity index (χ2n) is 5.37. The fraction of sp³-hybridized carbons (Fsp3) is 0.929. The Labute approximate surface area is 115 Å². The normalized spacial score (nSPS) is 28.5. The van der Waals surface area contributed by atoms with E-state index in [1.54, 1.807) is 7.05 Å². The van der Waals surface area contributed by atoms with Crippen molar-refractivity contribution < 1.29 is 14.3 Å². The Bertz CT molecular complexity index is 280. The summed E-state index contributed by atoms with van der Waals surface area (Å²) in [5.41, 5.74) is 0. The Morgan fingerprint density at radius 2 is 2.26 bits per heavy atom. The summed E-state index contributed by atoms with van der Waals surface area (Å²) in [7, 11) is 1.71. The van der Waals surface area contributed by atoms with Gasteiger partial charge in [0.15, 0.2) is 0 Å². The van der Waals surface area contributed by atoms with Crippen molar-refractivity contribution in [1.82, 2.24) is 10.2 Å². The van der Waals surface area contributed by atoms with Gasteiger partial charge in [0.2, 0.25) is 5.91 Å². The van der Waals surface area contributed by atoms with Gasteiger partial charge < -0.3 is 14.8 Å². The third-order valence-corrected chi connectivity index (χ3v) is 4.01. The summed E-state index contributed by atoms with van der Waals surface area (Å²) in [6.07, 6.45) is 5.84. The van der Waals surface area contributed by atoms with Gasteiger partial charge in [-0.05, 0) is 32.2 Å². The predicted molar refractivity (Wildman–Crippen MR) is 73.1 cm³/mol. The van der Waals surface area contributed by atoms with Crippen LogP contribution in [0.5, 0.6) is 0 Å². The molecule has 2 aliphatic rings. The number of carbonyl (C=O) groups is 1. The minimum Gasteiger partial charge on any atom is -0.377 e. The summed E-state index contributed by atoms with van der Waals surface area (Å²) in [4.78, 5) is 14.1. The van der Waals surface area contributed by atoms with Crippen LogP contribution in [0.15, 0.2) is 0 Å². The highest BCUT2D eigenvalue weighted by atomic mass is 16.5. The number of likely N-dealkylation sites (N-methyl/N-ethyl adjacent to an activating group) is 1. The van der Waals surface area contributed by atoms with Crippen molar-refractivity contribution in [3.63, 3.8) is 0 Å². The lowest BCUT2D eigenvalue weighted by Gasteiger charge is -2.34. The van der Waals surface area contributed by atoms with Gasteiger partial charge in [0, 0.05) is 20.2 Å². The number of amides is 1. The van der Waals surface area contributed by atoms with Gasteiger partial charge in [-0.25, -0.2) is 0 Å². The Morgan fingerprint density at radius 3 is 3.00 bits per heavy atom. The number of hydrogen-bond acceptors (Lipinski definition) is 4. The van der Waals surface area contributed by atoms with Crippen LogP contribution in [-0.4, -0.2) is 62.9 Å². The summed E-state index contributed by atoms with van der Waals surface area (Å²) in [5, 5.41) is 2.76. The molecule has 1 amide bonds. The maximum absolute atomic E-state index is 11.8. The van der Waals surface area contributed by atoms with E-state index in [9.17, 15) is 4.79 Å². The van der Waals surface area contributed by atoms with Crippen molar-refractivity contribution in [2.75, 3.05) is 40.0 Å². The SMILES string of the molecule is CNC(=O)[C@@H]1CCCCN1CCOC[C@H]1CCCO1. The molecular weight excluding hydrogens is 244 g/mol. The van der Waals surface area contributed by atoms with E-state index in [4.69, 9.17) is 9.47 Å². The Balaban J connectivity index is 1.66. The van der Waals surface area contributed by atoms with E-state index in [1.807, 2.05) is 0 Å². The van der Waals surface area contributed by atoms with Gasteiger partial charge in [-0.2, -0.15) is 0 Å². The second-order valence-corrected chi connectivity index (χ2v) is 5.37. The molecule has 110 valence electrons. The Hall–Kier alpha value is -0.650. The average Bonchev–Trinajstić information content (AvgIpc) is 2.96. The maximum Gasteiger partial charge on any atom is 0.237 e. The average molecular weight is 270 g/mol. The van der Waals surface area contributed by atoms with Gasteiger partial charge in [-0.3, -0.25) is 9.69 Å². The zero-order valence-electron chi connectivity index (χ0n) is 11.9. The lowest BCUT2D eigenvalue weighted by Crippen LogP contribution is -2.49. The van der Waals surface area contributed by atoms with Crippen LogP contribution in [0.25, 0.3) is 0 Å². The molecule has 0 unspecified atom stereocenters. The van der Waals surface area contributed by atoms with Crippen LogP contribution in [0, 0.1) is 0 Å². The van der Waals surface area contributed by atoms with Crippen LogP contribution < -0.4 is 5.32 Å². The minimum atomic E-state index is 0.0325. The molecule has 0 aromatic carbocycles. The van der Waals surface area contributed by atoms with Crippen molar-refractivity contribution in [3.05, 3.63) is 0 Å². The van der Waals surface area contributed by atoms with Crippen LogP contribution in [0.3, 0.4) is 0 Å². The molecule has 2 fully saturated rings. The molecule has 2 atom stereocenters. The maximum atomic E-state index is 11.8. The van der Waals surface area contributed by atoms with Crippen molar-refractivity contribution in [3.8, 4) is 0 Å². The molecule has 0 aromatic heterocycles. The molecule has 2 saturated heterocycles. The first-order valence-corrected chi connectivity index (χ1v) is 7.46. The lowest BCUT2D eigenvalue weighted by atomic mass is 10.0. The number of nitrogens with one attached hydrogen (secondary N) is 1. The summed E-state index contributed by atoms with van der Waals surface area (Å²) in [6, 6.07) is 0.0325. The van der Waals surface area contributed by atoms with Gasteiger partial charge in [0.25, 0.3) is 0 Å². The topological polar surface area (TPSA) is 50.8 Å². The lowest BCUT2D eigenvalue weighted by molar-refractivity contribution is -0.127. The zero-order valence-corrected chi connectivity index (χ0v) is 11.9. The number of rotatable bonds is 6. The van der Waals surface area contributed by atoms with Gasteiger partial charge in [-0.15, -0.1) is 0 Å². The highest BCUT2D eigenvalue weighted by Crippen LogP contribution is 2.17. The first-order valence-electron chi connectivity index (χ1n) is 7.46. The van der Waals surface area contributed by atoms with Crippen LogP contribution in [0.1, 0.15) is 32.1 Å². The summed E-state index contributed by atoms with van der Waals surface area (Å²) in [6.45, 7) is 4.09. The van der Waals surface area contributed by atoms with E-state index in [0.29, 0.717) is 13.2 Å². The first-order chi connectivity index (χ1) is 9.31. The standard InChI is InChI=1S/C14H26N2O3/c1-15-14(17)13-6-2-3-7-16(13)8-10-18-11-12-5-4-9-19-12/h12-13H,2-11H2,1H3,(H,15,17)/t12-,13+/m1/s1. The molecule has 0 bridgehead atoms. The van der Waals surface area contributed by atoms with E-state index in [-0.39, 0.29) is 18.1 Å². The van der Waals surface area contributed by atoms with Gasteiger partial charge in [0.1, 0.15) is 0 Å². The summed E-state index contributed by atoms with van der Waals surface area (Å²) in [5.74, 6) is 0.138. The predicted octanol–water partition coefficient (Wildman–Crippen LogP) is 0.783. The fourth-order valence-electron chi connectivity index (χ4n) is 2.89. The third kappa shape index (κ3) is 4.44. The van der Waals surface area contributed by atoms with Crippen LogP contribution in [0.4, 0.5) is 0 Å². The highest BCUT2D eigenvalue weighted by Gasteiger charge is 2.27. The van der Waals surface area contributed by atoms with Crippen LogP contribution in [0.2, 0.25) is 0 Å². The van der Waals surface area contributed by atoms with Crippen LogP contribution >= 0.6 is 0 Å². The second kappa shape index (κ2) is 7.82. The number of likely N-dealkylation sites (tertiary alicyclic amines) is 1. The quantitative estimate of drug-likeness (QED) is 0.725. The number of piperidine rings is 1. The van der Waals surface area contributed by atoms with E-state index >= 15 is 0 Å². The molecule has 5 nitrogen and oxygen atoms in total. The molecule has 2 heterocycles. The number of carbonyl (C=O) groups excluding carboxylic acids is 1. The largest absolute Gasteiger partial charge is 0.377 e. The van der Waals surface area contributed by atoms with Crippen LogP contribution in [-0.2, 0) is 14.3 Å². The van der Waals surface area contributed by atoms with Gasteiger partial charge >= 0.3 is 0 Å². The molecule has 2 rings (SSSR count). The summed E-state index contributed by atoms with van der Waals surface area (Å²) < 4.78 is 11.2. The number of nitrogens with zero attached hydrogens (tertiary/aromatic N) is 1. The Morgan fingerprint density at radius 1 is 1.37 bits per heavy atom. The highest BCUT2D eigenvalue weighted by molar-refractivity contribution is 5.81.